The Bertz CT molecular complexity index is 696. The largest absolute Gasteiger partial charge is 0.455 e. The van der Waals surface area contributed by atoms with Crippen molar-refractivity contribution in [1.82, 2.24) is 0 Å². The van der Waals surface area contributed by atoms with Gasteiger partial charge in [-0.3, -0.25) is 9.59 Å². The van der Waals surface area contributed by atoms with Gasteiger partial charge >= 0.3 is 5.97 Å². The fourth-order valence-electron chi connectivity index (χ4n) is 1.88. The van der Waals surface area contributed by atoms with Crippen molar-refractivity contribution in [2.75, 3.05) is 11.9 Å². The molecule has 0 bridgehead atoms. The first-order chi connectivity index (χ1) is 11.0. The molecule has 0 unspecified atom stereocenters. The minimum Gasteiger partial charge on any atom is -0.455 e. The van der Waals surface area contributed by atoms with Crippen LogP contribution >= 0.6 is 11.6 Å². The van der Waals surface area contributed by atoms with Crippen LogP contribution in [0.2, 0.25) is 5.02 Å². The highest BCUT2D eigenvalue weighted by Crippen LogP contribution is 2.19. The topological polar surface area (TPSA) is 55.4 Å². The first-order valence-corrected chi connectivity index (χ1v) is 7.28. The predicted octanol–water partition coefficient (Wildman–Crippen LogP) is 3.51. The van der Waals surface area contributed by atoms with Gasteiger partial charge in [0.1, 0.15) is 5.82 Å². The van der Waals surface area contributed by atoms with Gasteiger partial charge in [0.05, 0.1) is 6.42 Å². The zero-order chi connectivity index (χ0) is 16.8. The van der Waals surface area contributed by atoms with Gasteiger partial charge in [-0.1, -0.05) is 35.4 Å². The summed E-state index contributed by atoms with van der Waals surface area (Å²) in [4.78, 5) is 23.4. The van der Waals surface area contributed by atoms with Crippen LogP contribution in [0.5, 0.6) is 0 Å². The standard InChI is InChI=1S/C17H15ClFNO3/c1-11-5-7-12(8-6-11)20-16(21)10-23-17(22)9-13-14(18)3-2-4-15(13)19/h2-8H,9-10H2,1H3,(H,20,21). The molecule has 0 aliphatic rings. The number of amides is 1. The molecule has 6 heteroatoms. The SMILES string of the molecule is Cc1ccc(NC(=O)COC(=O)Cc2c(F)cccc2Cl)cc1. The zero-order valence-corrected chi connectivity index (χ0v) is 13.2. The lowest BCUT2D eigenvalue weighted by atomic mass is 10.1. The van der Waals surface area contributed by atoms with E-state index in [4.69, 9.17) is 16.3 Å². The van der Waals surface area contributed by atoms with Gasteiger partial charge in [-0.25, -0.2) is 4.39 Å². The maximum Gasteiger partial charge on any atom is 0.310 e. The number of esters is 1. The molecule has 0 atom stereocenters. The Morgan fingerprint density at radius 2 is 1.87 bits per heavy atom. The average Bonchev–Trinajstić information content (AvgIpc) is 2.51. The molecule has 2 aromatic rings. The van der Waals surface area contributed by atoms with E-state index in [2.05, 4.69) is 5.32 Å². The van der Waals surface area contributed by atoms with Crippen molar-refractivity contribution in [1.29, 1.82) is 0 Å². The van der Waals surface area contributed by atoms with Crippen LogP contribution in [0.3, 0.4) is 0 Å². The summed E-state index contributed by atoms with van der Waals surface area (Å²) in [5, 5.41) is 2.74. The third-order valence-corrected chi connectivity index (χ3v) is 3.44. The monoisotopic (exact) mass is 335 g/mol. The summed E-state index contributed by atoms with van der Waals surface area (Å²) < 4.78 is 18.4. The molecule has 1 N–H and O–H groups in total. The number of anilines is 1. The average molecular weight is 336 g/mol. The van der Waals surface area contributed by atoms with Crippen LogP contribution < -0.4 is 5.32 Å². The zero-order valence-electron chi connectivity index (χ0n) is 12.4. The van der Waals surface area contributed by atoms with Gasteiger partial charge < -0.3 is 10.1 Å². The van der Waals surface area contributed by atoms with Crippen molar-refractivity contribution < 1.29 is 18.7 Å². The van der Waals surface area contributed by atoms with Gasteiger partial charge in [-0.05, 0) is 31.2 Å². The van der Waals surface area contributed by atoms with Crippen molar-refractivity contribution in [3.63, 3.8) is 0 Å². The molecule has 0 heterocycles. The summed E-state index contributed by atoms with van der Waals surface area (Å²) >= 11 is 5.83. The number of carbonyl (C=O) groups excluding carboxylic acids is 2. The molecule has 0 aliphatic carbocycles. The van der Waals surface area contributed by atoms with Crippen molar-refractivity contribution in [2.45, 2.75) is 13.3 Å². The maximum absolute atomic E-state index is 13.6. The molecule has 0 fully saturated rings. The molecular weight excluding hydrogens is 321 g/mol. The number of aryl methyl sites for hydroxylation is 1. The lowest BCUT2D eigenvalue weighted by molar-refractivity contribution is -0.146. The Labute approximate surface area is 138 Å². The molecule has 0 radical (unpaired) electrons. The Kier molecular flexibility index (Phi) is 5.71. The highest BCUT2D eigenvalue weighted by Gasteiger charge is 2.14. The number of nitrogens with one attached hydrogen (secondary N) is 1. The van der Waals surface area contributed by atoms with E-state index in [1.807, 2.05) is 19.1 Å². The number of benzene rings is 2. The summed E-state index contributed by atoms with van der Waals surface area (Å²) in [6.45, 7) is 1.49. The summed E-state index contributed by atoms with van der Waals surface area (Å²) in [6, 6.07) is 11.3. The van der Waals surface area contributed by atoms with E-state index in [0.717, 1.165) is 5.56 Å². The van der Waals surface area contributed by atoms with E-state index in [9.17, 15) is 14.0 Å². The molecule has 120 valence electrons. The summed E-state index contributed by atoms with van der Waals surface area (Å²) in [5.74, 6) is -1.78. The summed E-state index contributed by atoms with van der Waals surface area (Å²) in [6.07, 6.45) is -0.330. The minimum atomic E-state index is -0.726. The molecule has 0 saturated carbocycles. The number of hydrogen-bond donors (Lipinski definition) is 1. The number of halogens is 2. The second kappa shape index (κ2) is 7.74. The van der Waals surface area contributed by atoms with Crippen molar-refractivity contribution in [2.24, 2.45) is 0 Å². The molecule has 4 nitrogen and oxygen atoms in total. The first-order valence-electron chi connectivity index (χ1n) is 6.91. The van der Waals surface area contributed by atoms with E-state index in [0.29, 0.717) is 5.69 Å². The summed E-state index contributed by atoms with van der Waals surface area (Å²) in [7, 11) is 0. The molecule has 2 aromatic carbocycles. The lowest BCUT2D eigenvalue weighted by Gasteiger charge is -2.08. The Morgan fingerprint density at radius 3 is 2.52 bits per heavy atom. The smallest absolute Gasteiger partial charge is 0.310 e. The molecule has 0 aromatic heterocycles. The van der Waals surface area contributed by atoms with E-state index in [1.54, 1.807) is 12.1 Å². The van der Waals surface area contributed by atoms with Gasteiger partial charge in [0, 0.05) is 16.3 Å². The molecule has 0 aliphatic heterocycles. The first kappa shape index (κ1) is 17.0. The Balaban J connectivity index is 1.84. The van der Waals surface area contributed by atoms with Crippen LogP contribution in [0.1, 0.15) is 11.1 Å². The number of rotatable bonds is 5. The molecule has 0 saturated heterocycles. The van der Waals surface area contributed by atoms with Gasteiger partial charge in [-0.2, -0.15) is 0 Å². The number of hydrogen-bond acceptors (Lipinski definition) is 3. The molecular formula is C17H15ClFNO3. The van der Waals surface area contributed by atoms with Gasteiger partial charge in [-0.15, -0.1) is 0 Å². The number of carbonyl (C=O) groups is 2. The van der Waals surface area contributed by atoms with Crippen LogP contribution in [0.15, 0.2) is 42.5 Å². The summed E-state index contributed by atoms with van der Waals surface area (Å²) in [5.41, 5.74) is 1.73. The Hall–Kier alpha value is -2.40. The van der Waals surface area contributed by atoms with Gasteiger partial charge in [0.25, 0.3) is 5.91 Å². The van der Waals surface area contributed by atoms with Gasteiger partial charge in [0.2, 0.25) is 0 Å². The van der Waals surface area contributed by atoms with E-state index in [1.165, 1.54) is 18.2 Å². The second-order valence-corrected chi connectivity index (χ2v) is 5.36. The van der Waals surface area contributed by atoms with Crippen LogP contribution in [-0.2, 0) is 20.7 Å². The molecule has 1 amide bonds. The van der Waals surface area contributed by atoms with E-state index >= 15 is 0 Å². The normalized spacial score (nSPS) is 10.2. The van der Waals surface area contributed by atoms with Crippen LogP contribution in [0.25, 0.3) is 0 Å². The van der Waals surface area contributed by atoms with Crippen LogP contribution in [0, 0.1) is 12.7 Å². The highest BCUT2D eigenvalue weighted by atomic mass is 35.5. The third-order valence-electron chi connectivity index (χ3n) is 3.08. The van der Waals surface area contributed by atoms with E-state index < -0.39 is 24.3 Å². The predicted molar refractivity (Wildman–Crippen MR) is 85.9 cm³/mol. The van der Waals surface area contributed by atoms with Crippen molar-refractivity contribution >= 4 is 29.2 Å². The maximum atomic E-state index is 13.6. The third kappa shape index (κ3) is 5.07. The van der Waals surface area contributed by atoms with Gasteiger partial charge in [0.15, 0.2) is 6.61 Å². The quantitative estimate of drug-likeness (QED) is 0.851. The van der Waals surface area contributed by atoms with E-state index in [-0.39, 0.29) is 17.0 Å². The molecule has 2 rings (SSSR count). The van der Waals surface area contributed by atoms with Crippen molar-refractivity contribution in [3.05, 3.63) is 64.4 Å². The highest BCUT2D eigenvalue weighted by molar-refractivity contribution is 6.31. The van der Waals surface area contributed by atoms with Crippen LogP contribution in [-0.4, -0.2) is 18.5 Å². The van der Waals surface area contributed by atoms with Crippen LogP contribution in [0.4, 0.5) is 10.1 Å². The minimum absolute atomic E-state index is 0.0538. The fraction of sp³-hybridized carbons (Fsp3) is 0.176. The lowest BCUT2D eigenvalue weighted by Crippen LogP contribution is -2.21. The Morgan fingerprint density at radius 1 is 1.17 bits per heavy atom. The second-order valence-electron chi connectivity index (χ2n) is 4.95. The van der Waals surface area contributed by atoms with Crippen molar-refractivity contribution in [3.8, 4) is 0 Å². The molecule has 0 spiro atoms. The fourth-order valence-corrected chi connectivity index (χ4v) is 2.11. The molecule has 23 heavy (non-hydrogen) atoms. The number of ether oxygens (including phenoxy) is 1.